The lowest BCUT2D eigenvalue weighted by Gasteiger charge is -2.09. The van der Waals surface area contributed by atoms with E-state index in [0.717, 1.165) is 5.69 Å². The number of nitrogens with zero attached hydrogens (tertiary/aromatic N) is 2. The van der Waals surface area contributed by atoms with Crippen molar-refractivity contribution in [2.24, 2.45) is 0 Å². The van der Waals surface area contributed by atoms with Gasteiger partial charge in [-0.25, -0.2) is 4.98 Å². The van der Waals surface area contributed by atoms with Crippen molar-refractivity contribution in [2.75, 3.05) is 14.2 Å². The molecule has 0 aliphatic carbocycles. The van der Waals surface area contributed by atoms with Gasteiger partial charge in [-0.1, -0.05) is 36.4 Å². The van der Waals surface area contributed by atoms with E-state index in [0.29, 0.717) is 23.6 Å². The summed E-state index contributed by atoms with van der Waals surface area (Å²) < 4.78 is 12.6. The maximum atomic E-state index is 12.7. The Balaban J connectivity index is 1.51. The van der Waals surface area contributed by atoms with Crippen LogP contribution in [0.5, 0.6) is 11.5 Å². The highest BCUT2D eigenvalue weighted by atomic mass is 16.5. The number of hydrogen-bond acceptors (Lipinski definition) is 4. The van der Waals surface area contributed by atoms with Gasteiger partial charge in [-0.3, -0.25) is 4.79 Å². The molecule has 152 valence electrons. The number of benzene rings is 3. The molecule has 4 aromatic rings. The Morgan fingerprint density at radius 2 is 1.73 bits per heavy atom. The third-order valence-electron chi connectivity index (χ3n) is 5.32. The Kier molecular flexibility index (Phi) is 5.53. The smallest absolute Gasteiger partial charge is 0.169 e. The van der Waals surface area contributed by atoms with Gasteiger partial charge in [-0.15, -0.1) is 0 Å². The standard InChI is InChI=1S/C25H24N2O3/c1-17-8-9-19(22-7-5-4-6-21(17)22)14-27-15-20(26-16-27)13-23(28)18-10-11-24(29-2)25(12-18)30-3/h4-12,15-16H,13-14H2,1-3H3. The first kappa shape index (κ1) is 19.7. The molecule has 0 aliphatic heterocycles. The van der Waals surface area contributed by atoms with E-state index in [-0.39, 0.29) is 12.2 Å². The molecule has 1 heterocycles. The zero-order chi connectivity index (χ0) is 21.1. The molecule has 0 saturated heterocycles. The van der Waals surface area contributed by atoms with Gasteiger partial charge in [-0.2, -0.15) is 0 Å². The molecule has 0 saturated carbocycles. The third-order valence-corrected chi connectivity index (χ3v) is 5.32. The molecule has 5 heteroatoms. The summed E-state index contributed by atoms with van der Waals surface area (Å²) in [4.78, 5) is 17.2. The van der Waals surface area contributed by atoms with E-state index in [4.69, 9.17) is 9.47 Å². The Labute approximate surface area is 175 Å². The minimum atomic E-state index is -0.0120. The number of imidazole rings is 1. The molecule has 0 fully saturated rings. The highest BCUT2D eigenvalue weighted by Gasteiger charge is 2.13. The lowest BCUT2D eigenvalue weighted by Crippen LogP contribution is -2.05. The number of aryl methyl sites for hydroxylation is 1. The van der Waals surface area contributed by atoms with E-state index in [2.05, 4.69) is 48.3 Å². The predicted molar refractivity (Wildman–Crippen MR) is 118 cm³/mol. The van der Waals surface area contributed by atoms with E-state index in [1.165, 1.54) is 21.9 Å². The molecular formula is C25H24N2O3. The fourth-order valence-electron chi connectivity index (χ4n) is 3.71. The number of aromatic nitrogens is 2. The lowest BCUT2D eigenvalue weighted by atomic mass is 10.0. The molecule has 0 amide bonds. The van der Waals surface area contributed by atoms with E-state index in [9.17, 15) is 4.79 Å². The molecule has 0 radical (unpaired) electrons. The van der Waals surface area contributed by atoms with Gasteiger partial charge in [0.15, 0.2) is 17.3 Å². The molecule has 0 N–H and O–H groups in total. The monoisotopic (exact) mass is 400 g/mol. The summed E-state index contributed by atoms with van der Waals surface area (Å²) in [6.07, 6.45) is 3.95. The maximum absolute atomic E-state index is 12.7. The maximum Gasteiger partial charge on any atom is 0.169 e. The van der Waals surface area contributed by atoms with E-state index < -0.39 is 0 Å². The molecule has 0 unspecified atom stereocenters. The Bertz CT molecular complexity index is 1210. The van der Waals surface area contributed by atoms with Gasteiger partial charge >= 0.3 is 0 Å². The molecule has 0 aliphatic rings. The van der Waals surface area contributed by atoms with Crippen LogP contribution in [0.15, 0.2) is 67.1 Å². The van der Waals surface area contributed by atoms with Gasteiger partial charge in [0, 0.05) is 18.3 Å². The number of methoxy groups -OCH3 is 2. The van der Waals surface area contributed by atoms with Gasteiger partial charge in [-0.05, 0) is 47.0 Å². The minimum Gasteiger partial charge on any atom is -0.493 e. The van der Waals surface area contributed by atoms with Crippen LogP contribution < -0.4 is 9.47 Å². The average Bonchev–Trinajstić information content (AvgIpc) is 3.22. The van der Waals surface area contributed by atoms with Gasteiger partial charge in [0.2, 0.25) is 0 Å². The highest BCUT2D eigenvalue weighted by Crippen LogP contribution is 2.28. The topological polar surface area (TPSA) is 53.4 Å². The molecule has 4 rings (SSSR count). The van der Waals surface area contributed by atoms with Gasteiger partial charge < -0.3 is 14.0 Å². The zero-order valence-electron chi connectivity index (χ0n) is 17.4. The van der Waals surface area contributed by atoms with Crippen molar-refractivity contribution in [3.63, 3.8) is 0 Å². The number of fused-ring (bicyclic) bond motifs is 1. The van der Waals surface area contributed by atoms with Crippen molar-refractivity contribution in [2.45, 2.75) is 19.9 Å². The summed E-state index contributed by atoms with van der Waals surface area (Å²) in [6.45, 7) is 2.83. The zero-order valence-corrected chi connectivity index (χ0v) is 17.4. The number of hydrogen-bond donors (Lipinski definition) is 0. The summed E-state index contributed by atoms with van der Waals surface area (Å²) in [5.41, 5.74) is 3.81. The number of rotatable bonds is 7. The van der Waals surface area contributed by atoms with Crippen LogP contribution in [-0.2, 0) is 13.0 Å². The van der Waals surface area contributed by atoms with Crippen LogP contribution in [0.25, 0.3) is 10.8 Å². The van der Waals surface area contributed by atoms with Crippen molar-refractivity contribution in [3.8, 4) is 11.5 Å². The molecule has 0 spiro atoms. The fraction of sp³-hybridized carbons (Fsp3) is 0.200. The third kappa shape index (κ3) is 3.92. The highest BCUT2D eigenvalue weighted by molar-refractivity contribution is 5.97. The van der Waals surface area contributed by atoms with Crippen LogP contribution in [0.3, 0.4) is 0 Å². The van der Waals surface area contributed by atoms with Crippen LogP contribution in [-0.4, -0.2) is 29.6 Å². The number of ketones is 1. The Hall–Kier alpha value is -3.60. The molecule has 0 bridgehead atoms. The second-order valence-electron chi connectivity index (χ2n) is 7.29. The molecule has 30 heavy (non-hydrogen) atoms. The van der Waals surface area contributed by atoms with Gasteiger partial charge in [0.1, 0.15) is 0 Å². The summed E-state index contributed by atoms with van der Waals surface area (Å²) >= 11 is 0. The molecule has 1 aromatic heterocycles. The molecule has 3 aromatic carbocycles. The van der Waals surface area contributed by atoms with Crippen molar-refractivity contribution in [1.82, 2.24) is 9.55 Å². The quantitative estimate of drug-likeness (QED) is 0.417. The number of carbonyl (C=O) groups is 1. The molecular weight excluding hydrogens is 376 g/mol. The van der Waals surface area contributed by atoms with E-state index in [1.807, 2.05) is 10.8 Å². The van der Waals surface area contributed by atoms with Crippen LogP contribution in [0.4, 0.5) is 0 Å². The van der Waals surface area contributed by atoms with Crippen LogP contribution in [0, 0.1) is 6.92 Å². The van der Waals surface area contributed by atoms with Crippen molar-refractivity contribution in [1.29, 1.82) is 0 Å². The van der Waals surface area contributed by atoms with Crippen molar-refractivity contribution >= 4 is 16.6 Å². The average molecular weight is 400 g/mol. The number of carbonyl (C=O) groups excluding carboxylic acids is 1. The lowest BCUT2D eigenvalue weighted by molar-refractivity contribution is 0.0991. The minimum absolute atomic E-state index is 0.0120. The van der Waals surface area contributed by atoms with Crippen LogP contribution >= 0.6 is 0 Å². The predicted octanol–water partition coefficient (Wildman–Crippen LogP) is 4.84. The van der Waals surface area contributed by atoms with E-state index in [1.54, 1.807) is 38.7 Å². The second-order valence-corrected chi connectivity index (χ2v) is 7.29. The summed E-state index contributed by atoms with van der Waals surface area (Å²) in [7, 11) is 3.13. The number of Topliss-reactive ketones (excluding diaryl/α,β-unsaturated/α-hetero) is 1. The van der Waals surface area contributed by atoms with Crippen molar-refractivity contribution in [3.05, 3.63) is 89.5 Å². The second kappa shape index (κ2) is 8.41. The molecule has 0 atom stereocenters. The van der Waals surface area contributed by atoms with E-state index >= 15 is 0 Å². The van der Waals surface area contributed by atoms with Crippen LogP contribution in [0.1, 0.15) is 27.2 Å². The normalized spacial score (nSPS) is 10.9. The number of ether oxygens (including phenoxy) is 2. The fourth-order valence-corrected chi connectivity index (χ4v) is 3.71. The Morgan fingerprint density at radius 1 is 0.967 bits per heavy atom. The van der Waals surface area contributed by atoms with Crippen molar-refractivity contribution < 1.29 is 14.3 Å². The van der Waals surface area contributed by atoms with Gasteiger partial charge in [0.05, 0.1) is 32.7 Å². The van der Waals surface area contributed by atoms with Gasteiger partial charge in [0.25, 0.3) is 0 Å². The van der Waals surface area contributed by atoms with Crippen LogP contribution in [0.2, 0.25) is 0 Å². The summed E-state index contributed by atoms with van der Waals surface area (Å²) in [5, 5.41) is 2.51. The summed E-state index contributed by atoms with van der Waals surface area (Å²) in [6, 6.07) is 17.9. The Morgan fingerprint density at radius 3 is 2.50 bits per heavy atom. The first-order valence-electron chi connectivity index (χ1n) is 9.82. The molecule has 5 nitrogen and oxygen atoms in total. The SMILES string of the molecule is COc1ccc(C(=O)Cc2cn(Cc3ccc(C)c4ccccc34)cn2)cc1OC. The first-order valence-corrected chi connectivity index (χ1v) is 9.82. The first-order chi connectivity index (χ1) is 14.6. The summed E-state index contributed by atoms with van der Waals surface area (Å²) in [5.74, 6) is 1.13. The largest absolute Gasteiger partial charge is 0.493 e.